The summed E-state index contributed by atoms with van der Waals surface area (Å²) in [4.78, 5) is 21.1. The molecule has 0 radical (unpaired) electrons. The average molecular weight is 450 g/mol. The molecular weight excluding hydrogens is 422 g/mol. The number of nitrogens with zero attached hydrogens (tertiary/aromatic N) is 3. The van der Waals surface area contributed by atoms with E-state index >= 15 is 0 Å². The molecule has 0 saturated carbocycles. The molecule has 0 aliphatic carbocycles. The summed E-state index contributed by atoms with van der Waals surface area (Å²) in [7, 11) is 2.23. The minimum atomic E-state index is -0.711. The number of thiophene rings is 1. The third kappa shape index (κ3) is 3.95. The number of rotatable bonds is 3. The summed E-state index contributed by atoms with van der Waals surface area (Å²) in [5, 5.41) is 9.38. The monoisotopic (exact) mass is 449 g/mol. The van der Waals surface area contributed by atoms with Gasteiger partial charge in [0.05, 0.1) is 16.1 Å². The number of aromatic nitrogens is 2. The van der Waals surface area contributed by atoms with Crippen molar-refractivity contribution in [3.63, 3.8) is 0 Å². The Labute approximate surface area is 191 Å². The standard InChI is InChI=1S/C25H27N3O3S/c1-15(29)4-11-22-14-23-24(32-22)25(30)28(16(2)26-23)17-7-9-20(10-8-17)31-21-12-18-5-6-19(13-21)27(18)3/h7-10,14-15,18-19,21,29H,5-6,12-13H2,1-3H3/t15?,18-,19+,21?. The number of aryl methyl sites for hydroxylation is 1. The maximum atomic E-state index is 13.2. The van der Waals surface area contributed by atoms with Crippen LogP contribution in [0.3, 0.4) is 0 Å². The summed E-state index contributed by atoms with van der Waals surface area (Å²) in [6.45, 7) is 3.44. The van der Waals surface area contributed by atoms with Gasteiger partial charge in [-0.05, 0) is 76.9 Å². The van der Waals surface area contributed by atoms with Crippen LogP contribution >= 0.6 is 11.3 Å². The molecule has 2 aromatic heterocycles. The van der Waals surface area contributed by atoms with Crippen molar-refractivity contribution in [3.05, 3.63) is 51.4 Å². The van der Waals surface area contributed by atoms with Crippen LogP contribution < -0.4 is 10.3 Å². The molecule has 4 heterocycles. The van der Waals surface area contributed by atoms with Crippen molar-refractivity contribution in [2.45, 2.75) is 63.8 Å². The minimum Gasteiger partial charge on any atom is -0.490 e. The van der Waals surface area contributed by atoms with Gasteiger partial charge in [0.1, 0.15) is 28.5 Å². The second kappa shape index (κ2) is 8.36. The molecule has 2 unspecified atom stereocenters. The number of ether oxygens (including phenoxy) is 1. The van der Waals surface area contributed by atoms with Gasteiger partial charge in [-0.1, -0.05) is 11.8 Å². The van der Waals surface area contributed by atoms with Crippen molar-refractivity contribution < 1.29 is 9.84 Å². The molecule has 0 spiro atoms. The van der Waals surface area contributed by atoms with E-state index in [1.165, 1.54) is 24.2 Å². The molecule has 6 nitrogen and oxygen atoms in total. The number of aliphatic hydroxyl groups excluding tert-OH is 1. The van der Waals surface area contributed by atoms with Crippen LogP contribution in [0.2, 0.25) is 0 Å². The van der Waals surface area contributed by atoms with E-state index in [9.17, 15) is 9.90 Å². The van der Waals surface area contributed by atoms with Crippen LogP contribution in [0.15, 0.2) is 35.1 Å². The Morgan fingerprint density at radius 3 is 2.56 bits per heavy atom. The second-order valence-corrected chi connectivity index (χ2v) is 9.88. The molecule has 2 fully saturated rings. The highest BCUT2D eigenvalue weighted by Crippen LogP contribution is 2.36. The van der Waals surface area contributed by atoms with Gasteiger partial charge >= 0.3 is 0 Å². The Morgan fingerprint density at radius 2 is 1.91 bits per heavy atom. The highest BCUT2D eigenvalue weighted by atomic mass is 32.1. The van der Waals surface area contributed by atoms with Crippen molar-refractivity contribution >= 4 is 21.6 Å². The normalized spacial score (nSPS) is 23.7. The summed E-state index contributed by atoms with van der Waals surface area (Å²) >= 11 is 1.31. The summed E-state index contributed by atoms with van der Waals surface area (Å²) in [5.41, 5.74) is 1.30. The van der Waals surface area contributed by atoms with Crippen LogP contribution in [0, 0.1) is 18.8 Å². The van der Waals surface area contributed by atoms with E-state index in [0.717, 1.165) is 29.2 Å². The van der Waals surface area contributed by atoms with E-state index in [1.807, 2.05) is 31.2 Å². The first-order chi connectivity index (χ1) is 15.4. The van der Waals surface area contributed by atoms with Crippen molar-refractivity contribution in [3.8, 4) is 23.3 Å². The van der Waals surface area contributed by atoms with E-state index in [2.05, 4.69) is 28.8 Å². The Kier molecular flexibility index (Phi) is 5.54. The van der Waals surface area contributed by atoms with Crippen molar-refractivity contribution in [1.29, 1.82) is 0 Å². The second-order valence-electron chi connectivity index (χ2n) is 8.83. The lowest BCUT2D eigenvalue weighted by molar-refractivity contribution is 0.0662. The van der Waals surface area contributed by atoms with Gasteiger partial charge in [0.2, 0.25) is 0 Å². The zero-order chi connectivity index (χ0) is 22.4. The summed E-state index contributed by atoms with van der Waals surface area (Å²) in [5.74, 6) is 7.09. The van der Waals surface area contributed by atoms with Crippen molar-refractivity contribution in [1.82, 2.24) is 14.5 Å². The number of aliphatic hydroxyl groups is 1. The van der Waals surface area contributed by atoms with Crippen molar-refractivity contribution in [2.75, 3.05) is 7.05 Å². The maximum Gasteiger partial charge on any atom is 0.276 e. The van der Waals surface area contributed by atoms with Gasteiger partial charge in [-0.15, -0.1) is 11.3 Å². The molecule has 5 rings (SSSR count). The van der Waals surface area contributed by atoms with Crippen LogP contribution in [-0.2, 0) is 0 Å². The van der Waals surface area contributed by atoms with E-state index < -0.39 is 6.10 Å². The van der Waals surface area contributed by atoms with E-state index in [4.69, 9.17) is 4.74 Å². The smallest absolute Gasteiger partial charge is 0.276 e. The number of fused-ring (bicyclic) bond motifs is 3. The highest BCUT2D eigenvalue weighted by molar-refractivity contribution is 7.19. The molecule has 7 heteroatoms. The quantitative estimate of drug-likeness (QED) is 0.620. The van der Waals surface area contributed by atoms with Gasteiger partial charge in [0, 0.05) is 12.1 Å². The van der Waals surface area contributed by atoms with Crippen LogP contribution in [0.4, 0.5) is 0 Å². The topological polar surface area (TPSA) is 67.6 Å². The number of hydrogen-bond donors (Lipinski definition) is 1. The fraction of sp³-hybridized carbons (Fsp3) is 0.440. The molecule has 1 N–H and O–H groups in total. The Morgan fingerprint density at radius 1 is 1.22 bits per heavy atom. The molecule has 2 saturated heterocycles. The van der Waals surface area contributed by atoms with Gasteiger partial charge < -0.3 is 14.7 Å². The Hall–Kier alpha value is -2.66. The van der Waals surface area contributed by atoms with Crippen LogP contribution in [0.5, 0.6) is 5.75 Å². The van der Waals surface area contributed by atoms with Gasteiger partial charge in [-0.3, -0.25) is 9.36 Å². The zero-order valence-corrected chi connectivity index (χ0v) is 19.4. The molecular formula is C25H27N3O3S. The fourth-order valence-electron chi connectivity index (χ4n) is 4.96. The first-order valence-electron chi connectivity index (χ1n) is 11.1. The van der Waals surface area contributed by atoms with Gasteiger partial charge in [0.15, 0.2) is 0 Å². The maximum absolute atomic E-state index is 13.2. The molecule has 32 heavy (non-hydrogen) atoms. The fourth-order valence-corrected chi connectivity index (χ4v) is 5.84. The van der Waals surface area contributed by atoms with E-state index in [1.54, 1.807) is 17.6 Å². The number of piperidine rings is 1. The summed E-state index contributed by atoms with van der Waals surface area (Å²) < 4.78 is 8.48. The first kappa shape index (κ1) is 21.2. The summed E-state index contributed by atoms with van der Waals surface area (Å²) in [6.07, 6.45) is 4.24. The lowest BCUT2D eigenvalue weighted by Gasteiger charge is -2.36. The molecule has 2 bridgehead atoms. The first-order valence-corrected chi connectivity index (χ1v) is 11.9. The zero-order valence-electron chi connectivity index (χ0n) is 18.5. The molecule has 1 aromatic carbocycles. The minimum absolute atomic E-state index is 0.108. The van der Waals surface area contributed by atoms with Crippen LogP contribution in [-0.4, -0.2) is 50.9 Å². The SMILES string of the molecule is Cc1nc2cc(C#CC(C)O)sc2c(=O)n1-c1ccc(OC2C[C@H]3CC[C@@H](C2)N3C)cc1. The Bertz CT molecular complexity index is 1250. The molecule has 166 valence electrons. The van der Waals surface area contributed by atoms with Crippen LogP contribution in [0.1, 0.15) is 43.3 Å². The molecule has 2 aliphatic heterocycles. The van der Waals surface area contributed by atoms with E-state index in [-0.39, 0.29) is 11.7 Å². The number of hydrogen-bond acceptors (Lipinski definition) is 6. The number of benzene rings is 1. The molecule has 0 amide bonds. The average Bonchev–Trinajstić information content (AvgIpc) is 3.24. The Balaban J connectivity index is 1.39. The predicted molar refractivity (Wildman–Crippen MR) is 127 cm³/mol. The molecule has 2 aliphatic rings. The third-order valence-corrected chi connectivity index (χ3v) is 7.60. The largest absolute Gasteiger partial charge is 0.490 e. The lowest BCUT2D eigenvalue weighted by atomic mass is 10.0. The van der Waals surface area contributed by atoms with Gasteiger partial charge in [0.25, 0.3) is 5.56 Å². The third-order valence-electron chi connectivity index (χ3n) is 6.57. The molecule has 4 atom stereocenters. The van der Waals surface area contributed by atoms with Gasteiger partial charge in [-0.2, -0.15) is 0 Å². The predicted octanol–water partition coefficient (Wildman–Crippen LogP) is 3.49. The molecule has 3 aromatic rings. The highest BCUT2D eigenvalue weighted by Gasteiger charge is 2.39. The lowest BCUT2D eigenvalue weighted by Crippen LogP contribution is -2.43. The van der Waals surface area contributed by atoms with Crippen molar-refractivity contribution in [2.24, 2.45) is 0 Å². The van der Waals surface area contributed by atoms with Crippen LogP contribution in [0.25, 0.3) is 15.9 Å². The van der Waals surface area contributed by atoms with E-state index in [0.29, 0.717) is 28.1 Å². The summed E-state index contributed by atoms with van der Waals surface area (Å²) in [6, 6.07) is 10.8. The van der Waals surface area contributed by atoms with Gasteiger partial charge in [-0.25, -0.2) is 4.98 Å².